The number of rotatable bonds is 5. The predicted molar refractivity (Wildman–Crippen MR) is 111 cm³/mol. The quantitative estimate of drug-likeness (QED) is 0.368. The molecule has 2 aromatic rings. The van der Waals surface area contributed by atoms with Crippen molar-refractivity contribution in [3.63, 3.8) is 0 Å². The molecular formula is C17H23F3IN7. The SMILES string of the molecule is CN=C(NCc1ccnc(-n2cccn2)c1)NC1CCN(CC(F)(F)F)C1.I. The van der Waals surface area contributed by atoms with Crippen molar-refractivity contribution >= 4 is 29.9 Å². The summed E-state index contributed by atoms with van der Waals surface area (Å²) in [7, 11) is 1.64. The van der Waals surface area contributed by atoms with Crippen LogP contribution in [0.1, 0.15) is 12.0 Å². The van der Waals surface area contributed by atoms with Gasteiger partial charge in [-0.2, -0.15) is 18.3 Å². The van der Waals surface area contributed by atoms with Gasteiger partial charge in [-0.25, -0.2) is 9.67 Å². The lowest BCUT2D eigenvalue weighted by Crippen LogP contribution is -2.44. The average molecular weight is 509 g/mol. The van der Waals surface area contributed by atoms with Crippen LogP contribution in [0.15, 0.2) is 41.8 Å². The van der Waals surface area contributed by atoms with Crippen LogP contribution in [-0.4, -0.2) is 64.5 Å². The first-order chi connectivity index (χ1) is 12.9. The van der Waals surface area contributed by atoms with Crippen LogP contribution in [0.2, 0.25) is 0 Å². The maximum atomic E-state index is 12.5. The number of guanidine groups is 1. The van der Waals surface area contributed by atoms with E-state index in [0.717, 1.165) is 5.56 Å². The Balaban J connectivity index is 0.00000280. The Labute approximate surface area is 178 Å². The second kappa shape index (κ2) is 10.0. The van der Waals surface area contributed by atoms with Crippen molar-refractivity contribution in [2.75, 3.05) is 26.7 Å². The Morgan fingerprint density at radius 1 is 1.36 bits per heavy atom. The highest BCUT2D eigenvalue weighted by Crippen LogP contribution is 2.19. The van der Waals surface area contributed by atoms with Crippen molar-refractivity contribution < 1.29 is 13.2 Å². The zero-order valence-electron chi connectivity index (χ0n) is 15.4. The topological polar surface area (TPSA) is 70.4 Å². The van der Waals surface area contributed by atoms with Crippen molar-refractivity contribution in [1.29, 1.82) is 0 Å². The van der Waals surface area contributed by atoms with Crippen LogP contribution in [0, 0.1) is 0 Å². The van der Waals surface area contributed by atoms with Gasteiger partial charge in [-0.3, -0.25) is 9.89 Å². The summed E-state index contributed by atoms with van der Waals surface area (Å²) >= 11 is 0. The first-order valence-electron chi connectivity index (χ1n) is 8.64. The molecule has 0 radical (unpaired) electrons. The van der Waals surface area contributed by atoms with E-state index in [-0.39, 0.29) is 30.0 Å². The molecule has 1 fully saturated rings. The molecule has 3 heterocycles. The van der Waals surface area contributed by atoms with Crippen LogP contribution in [0.4, 0.5) is 13.2 Å². The molecule has 0 bridgehead atoms. The van der Waals surface area contributed by atoms with Gasteiger partial charge in [0.25, 0.3) is 0 Å². The number of pyridine rings is 1. The third kappa shape index (κ3) is 6.62. The van der Waals surface area contributed by atoms with Gasteiger partial charge in [0.1, 0.15) is 0 Å². The van der Waals surface area contributed by atoms with E-state index in [0.29, 0.717) is 37.8 Å². The molecule has 1 saturated heterocycles. The molecular weight excluding hydrogens is 486 g/mol. The van der Waals surface area contributed by atoms with Gasteiger partial charge in [-0.05, 0) is 30.2 Å². The van der Waals surface area contributed by atoms with Crippen molar-refractivity contribution in [3.8, 4) is 5.82 Å². The average Bonchev–Trinajstić information content (AvgIpc) is 3.29. The fourth-order valence-electron chi connectivity index (χ4n) is 3.02. The first kappa shape index (κ1) is 22.4. The van der Waals surface area contributed by atoms with Gasteiger partial charge >= 0.3 is 6.18 Å². The molecule has 3 rings (SSSR count). The van der Waals surface area contributed by atoms with Crippen molar-refractivity contribution in [3.05, 3.63) is 42.4 Å². The van der Waals surface area contributed by atoms with E-state index >= 15 is 0 Å². The first-order valence-corrected chi connectivity index (χ1v) is 8.64. The van der Waals surface area contributed by atoms with Gasteiger partial charge in [0.15, 0.2) is 11.8 Å². The van der Waals surface area contributed by atoms with Gasteiger partial charge in [-0.15, -0.1) is 24.0 Å². The molecule has 0 saturated carbocycles. The van der Waals surface area contributed by atoms with Gasteiger partial charge in [-0.1, -0.05) is 0 Å². The van der Waals surface area contributed by atoms with E-state index in [1.165, 1.54) is 4.90 Å². The van der Waals surface area contributed by atoms with Crippen LogP contribution in [0.5, 0.6) is 0 Å². The summed E-state index contributed by atoms with van der Waals surface area (Å²) in [6.45, 7) is 0.407. The molecule has 0 aliphatic carbocycles. The predicted octanol–water partition coefficient (Wildman–Crippen LogP) is 2.19. The van der Waals surface area contributed by atoms with E-state index in [9.17, 15) is 13.2 Å². The fraction of sp³-hybridized carbons (Fsp3) is 0.471. The normalized spacial score (nSPS) is 18.0. The highest BCUT2D eigenvalue weighted by molar-refractivity contribution is 14.0. The van der Waals surface area contributed by atoms with Crippen molar-refractivity contribution in [2.45, 2.75) is 25.2 Å². The number of aromatic nitrogens is 3. The third-order valence-electron chi connectivity index (χ3n) is 4.25. The number of halogens is 4. The third-order valence-corrected chi connectivity index (χ3v) is 4.25. The number of aliphatic imine (C=N–C) groups is 1. The minimum atomic E-state index is -4.16. The fourth-order valence-corrected chi connectivity index (χ4v) is 3.02. The molecule has 154 valence electrons. The number of nitrogens with zero attached hydrogens (tertiary/aromatic N) is 5. The Morgan fingerprint density at radius 2 is 2.18 bits per heavy atom. The molecule has 11 heteroatoms. The van der Waals surface area contributed by atoms with Gasteiger partial charge < -0.3 is 10.6 Å². The molecule has 1 atom stereocenters. The number of likely N-dealkylation sites (tertiary alicyclic amines) is 1. The standard InChI is InChI=1S/C17H22F3N7.HI/c1-21-16(25-14-4-8-26(11-14)12-17(18,19)20)23-10-13-3-6-22-15(9-13)27-7-2-5-24-27;/h2-3,5-7,9,14H,4,8,10-12H2,1H3,(H2,21,23,25);1H. The summed E-state index contributed by atoms with van der Waals surface area (Å²) in [5.74, 6) is 1.27. The van der Waals surface area contributed by atoms with Gasteiger partial charge in [0.05, 0.1) is 6.54 Å². The van der Waals surface area contributed by atoms with Crippen molar-refractivity contribution in [2.24, 2.45) is 4.99 Å². The summed E-state index contributed by atoms with van der Waals surface area (Å²) in [4.78, 5) is 9.85. The largest absolute Gasteiger partial charge is 0.401 e. The van der Waals surface area contributed by atoms with Crippen LogP contribution in [-0.2, 0) is 6.54 Å². The van der Waals surface area contributed by atoms with Crippen LogP contribution < -0.4 is 10.6 Å². The van der Waals surface area contributed by atoms with Crippen LogP contribution >= 0.6 is 24.0 Å². The molecule has 2 aromatic heterocycles. The Morgan fingerprint density at radius 3 is 2.86 bits per heavy atom. The second-order valence-corrected chi connectivity index (χ2v) is 6.38. The van der Waals surface area contributed by atoms with E-state index < -0.39 is 12.7 Å². The lowest BCUT2D eigenvalue weighted by molar-refractivity contribution is -0.143. The molecule has 0 amide bonds. The minimum absolute atomic E-state index is 0. The molecule has 7 nitrogen and oxygen atoms in total. The molecule has 1 aliphatic heterocycles. The Kier molecular flexibility index (Phi) is 8.04. The highest BCUT2D eigenvalue weighted by Gasteiger charge is 2.34. The Bertz CT molecular complexity index is 764. The van der Waals surface area contributed by atoms with E-state index in [1.54, 1.807) is 24.1 Å². The van der Waals surface area contributed by atoms with Crippen LogP contribution in [0.25, 0.3) is 5.82 Å². The van der Waals surface area contributed by atoms with E-state index in [2.05, 4.69) is 25.7 Å². The number of nitrogens with one attached hydrogen (secondary N) is 2. The van der Waals surface area contributed by atoms with E-state index in [1.807, 2.05) is 24.4 Å². The molecule has 0 aromatic carbocycles. The number of hydrogen-bond acceptors (Lipinski definition) is 4. The van der Waals surface area contributed by atoms with Gasteiger partial charge in [0.2, 0.25) is 0 Å². The maximum absolute atomic E-state index is 12.5. The number of hydrogen-bond donors (Lipinski definition) is 2. The Hall–Kier alpha value is -1.89. The smallest absolute Gasteiger partial charge is 0.352 e. The number of alkyl halides is 3. The summed E-state index contributed by atoms with van der Waals surface area (Å²) in [5.41, 5.74) is 0.989. The second-order valence-electron chi connectivity index (χ2n) is 6.38. The van der Waals surface area contributed by atoms with Crippen LogP contribution in [0.3, 0.4) is 0 Å². The lowest BCUT2D eigenvalue weighted by atomic mass is 10.2. The molecule has 0 spiro atoms. The summed E-state index contributed by atoms with van der Waals surface area (Å²) in [5, 5.41) is 10.5. The summed E-state index contributed by atoms with van der Waals surface area (Å²) < 4.78 is 39.2. The lowest BCUT2D eigenvalue weighted by Gasteiger charge is -2.20. The monoisotopic (exact) mass is 509 g/mol. The molecule has 28 heavy (non-hydrogen) atoms. The molecule has 1 aliphatic rings. The summed E-state index contributed by atoms with van der Waals surface area (Å²) in [6, 6.07) is 5.56. The van der Waals surface area contributed by atoms with E-state index in [4.69, 9.17) is 0 Å². The zero-order chi connectivity index (χ0) is 19.3. The van der Waals surface area contributed by atoms with Crippen molar-refractivity contribution in [1.82, 2.24) is 30.3 Å². The minimum Gasteiger partial charge on any atom is -0.352 e. The van der Waals surface area contributed by atoms with Gasteiger partial charge in [0, 0.05) is 51.3 Å². The maximum Gasteiger partial charge on any atom is 0.401 e. The molecule has 1 unspecified atom stereocenters. The highest BCUT2D eigenvalue weighted by atomic mass is 127. The zero-order valence-corrected chi connectivity index (χ0v) is 17.7. The molecule has 2 N–H and O–H groups in total. The summed E-state index contributed by atoms with van der Waals surface area (Å²) in [6.07, 6.45) is 1.68.